The van der Waals surface area contributed by atoms with E-state index in [0.29, 0.717) is 30.7 Å². The van der Waals surface area contributed by atoms with Crippen LogP contribution in [0.1, 0.15) is 33.0 Å². The number of nitrogens with one attached hydrogen (secondary N) is 1. The average molecular weight is 606 g/mol. The lowest BCUT2D eigenvalue weighted by Crippen LogP contribution is -2.24. The number of aryl methyl sites for hydroxylation is 2. The summed E-state index contributed by atoms with van der Waals surface area (Å²) >= 11 is 9.27. The van der Waals surface area contributed by atoms with Gasteiger partial charge >= 0.3 is 0 Å². The first-order valence-electron chi connectivity index (χ1n) is 12.6. The van der Waals surface area contributed by atoms with Gasteiger partial charge in [0, 0.05) is 10.6 Å². The van der Waals surface area contributed by atoms with Crippen molar-refractivity contribution in [2.75, 3.05) is 11.1 Å². The number of amides is 2. The van der Waals surface area contributed by atoms with Crippen molar-refractivity contribution in [3.8, 4) is 11.4 Å². The molecule has 202 valence electrons. The number of aromatic nitrogens is 3. The van der Waals surface area contributed by atoms with Crippen LogP contribution in [0.3, 0.4) is 0 Å². The largest absolute Gasteiger partial charge is 0.365 e. The SMILES string of the molecule is NC(=O)c1sc(=S)n(-c2ccccc2)c1NC(=O)CSc1nc2sc3c(c2c(=O)n1-c1ccccc1)CCCC3. The van der Waals surface area contributed by atoms with Crippen molar-refractivity contribution in [1.82, 2.24) is 14.1 Å². The molecule has 3 heterocycles. The monoisotopic (exact) mass is 605 g/mol. The van der Waals surface area contributed by atoms with E-state index in [-0.39, 0.29) is 27.9 Å². The van der Waals surface area contributed by atoms with Gasteiger partial charge in [-0.3, -0.25) is 23.5 Å². The number of primary amides is 1. The molecule has 0 aliphatic heterocycles. The zero-order chi connectivity index (χ0) is 27.8. The zero-order valence-electron chi connectivity index (χ0n) is 21.1. The molecule has 5 aromatic rings. The summed E-state index contributed by atoms with van der Waals surface area (Å²) in [6.07, 6.45) is 4.01. The summed E-state index contributed by atoms with van der Waals surface area (Å²) in [6, 6.07) is 18.5. The predicted octanol–water partition coefficient (Wildman–Crippen LogP) is 5.74. The maximum Gasteiger partial charge on any atom is 0.267 e. The minimum Gasteiger partial charge on any atom is -0.365 e. The number of carbonyl (C=O) groups is 2. The molecule has 2 amide bonds. The van der Waals surface area contributed by atoms with Gasteiger partial charge in [-0.1, -0.05) is 59.5 Å². The minimum absolute atomic E-state index is 0.0501. The topological polar surface area (TPSA) is 112 Å². The molecule has 0 fully saturated rings. The summed E-state index contributed by atoms with van der Waals surface area (Å²) in [5.74, 6) is -0.884. The van der Waals surface area contributed by atoms with Crippen molar-refractivity contribution in [1.29, 1.82) is 0 Å². The molecule has 0 saturated heterocycles. The van der Waals surface area contributed by atoms with Gasteiger partial charge in [0.25, 0.3) is 11.5 Å². The summed E-state index contributed by atoms with van der Waals surface area (Å²) in [7, 11) is 0. The van der Waals surface area contributed by atoms with Gasteiger partial charge in [-0.2, -0.15) is 0 Å². The summed E-state index contributed by atoms with van der Waals surface area (Å²) in [5, 5.41) is 3.95. The highest BCUT2D eigenvalue weighted by Crippen LogP contribution is 2.35. The number of benzene rings is 2. The maximum absolute atomic E-state index is 13.9. The van der Waals surface area contributed by atoms with Gasteiger partial charge in [-0.05, 0) is 67.7 Å². The molecule has 3 aromatic heterocycles. The highest BCUT2D eigenvalue weighted by atomic mass is 32.2. The van der Waals surface area contributed by atoms with Gasteiger partial charge in [0.05, 0.1) is 16.8 Å². The van der Waals surface area contributed by atoms with E-state index < -0.39 is 5.91 Å². The van der Waals surface area contributed by atoms with Crippen LogP contribution in [0.15, 0.2) is 70.6 Å². The number of rotatable bonds is 7. The van der Waals surface area contributed by atoms with Crippen molar-refractivity contribution in [2.45, 2.75) is 30.8 Å². The smallest absolute Gasteiger partial charge is 0.267 e. The molecule has 0 saturated carbocycles. The Labute approximate surface area is 246 Å². The van der Waals surface area contributed by atoms with E-state index in [4.69, 9.17) is 22.9 Å². The lowest BCUT2D eigenvalue weighted by molar-refractivity contribution is -0.113. The third kappa shape index (κ3) is 4.92. The third-order valence-corrected chi connectivity index (χ3v) is 10.1. The predicted molar refractivity (Wildman–Crippen MR) is 164 cm³/mol. The lowest BCUT2D eigenvalue weighted by Gasteiger charge is -2.14. The fraction of sp³-hybridized carbons (Fsp3) is 0.179. The molecule has 8 nitrogen and oxygen atoms in total. The van der Waals surface area contributed by atoms with Crippen molar-refractivity contribution in [3.05, 3.63) is 90.3 Å². The molecule has 2 aromatic carbocycles. The van der Waals surface area contributed by atoms with Crippen LogP contribution < -0.4 is 16.6 Å². The van der Waals surface area contributed by atoms with Crippen LogP contribution in [0.25, 0.3) is 21.6 Å². The van der Waals surface area contributed by atoms with Crippen LogP contribution in [0.4, 0.5) is 5.82 Å². The number of para-hydroxylation sites is 2. The highest BCUT2D eigenvalue weighted by Gasteiger charge is 2.24. The van der Waals surface area contributed by atoms with Crippen LogP contribution in [-0.4, -0.2) is 31.7 Å². The number of hydrogen-bond acceptors (Lipinski definition) is 8. The van der Waals surface area contributed by atoms with E-state index in [1.165, 1.54) is 16.6 Å². The lowest BCUT2D eigenvalue weighted by atomic mass is 9.97. The van der Waals surface area contributed by atoms with E-state index in [1.54, 1.807) is 20.5 Å². The van der Waals surface area contributed by atoms with Crippen molar-refractivity contribution in [2.24, 2.45) is 5.73 Å². The van der Waals surface area contributed by atoms with Gasteiger partial charge < -0.3 is 11.1 Å². The fourth-order valence-corrected chi connectivity index (χ4v) is 8.22. The molecule has 0 spiro atoms. The number of anilines is 1. The third-order valence-electron chi connectivity index (χ3n) is 6.61. The zero-order valence-corrected chi connectivity index (χ0v) is 24.4. The minimum atomic E-state index is -0.680. The standard InChI is InChI=1S/C28H23N5O3S4/c29-23(35)22-24(32(28(37)40-22)16-9-3-1-4-10-16)30-20(34)15-38-27-31-25-21(18-13-7-8-14-19(18)39-25)26(36)33(27)17-11-5-2-6-12-17/h1-6,9-12H,7-8,13-15H2,(H2,29,35)(H,30,34). The van der Waals surface area contributed by atoms with Crippen LogP contribution >= 0.6 is 46.7 Å². The molecule has 0 radical (unpaired) electrons. The van der Waals surface area contributed by atoms with Gasteiger partial charge in [0.2, 0.25) is 5.91 Å². The first kappa shape index (κ1) is 26.6. The highest BCUT2D eigenvalue weighted by molar-refractivity contribution is 7.99. The molecular formula is C28H23N5O3S4. The number of nitrogens with zero attached hydrogens (tertiary/aromatic N) is 3. The van der Waals surface area contributed by atoms with Crippen LogP contribution in [-0.2, 0) is 17.6 Å². The molecule has 0 bridgehead atoms. The molecule has 1 aliphatic carbocycles. The van der Waals surface area contributed by atoms with Gasteiger partial charge in [-0.25, -0.2) is 4.98 Å². The van der Waals surface area contributed by atoms with Crippen LogP contribution in [0, 0.1) is 3.95 Å². The average Bonchev–Trinajstić information content (AvgIpc) is 3.50. The Morgan fingerprint density at radius 3 is 2.30 bits per heavy atom. The molecule has 1 aliphatic rings. The second kappa shape index (κ2) is 11.1. The van der Waals surface area contributed by atoms with Crippen molar-refractivity contribution < 1.29 is 9.59 Å². The number of thioether (sulfide) groups is 1. The molecule has 0 atom stereocenters. The number of carbonyl (C=O) groups excluding carboxylic acids is 2. The number of thiazole rings is 1. The summed E-state index contributed by atoms with van der Waals surface area (Å²) < 4.78 is 3.60. The molecule has 12 heteroatoms. The number of thiophene rings is 1. The van der Waals surface area contributed by atoms with Crippen LogP contribution in [0.2, 0.25) is 0 Å². The van der Waals surface area contributed by atoms with E-state index >= 15 is 0 Å². The normalized spacial score (nSPS) is 12.8. The first-order valence-corrected chi connectivity index (χ1v) is 15.6. The Hall–Kier alpha value is -3.58. The second-order valence-electron chi connectivity index (χ2n) is 9.18. The summed E-state index contributed by atoms with van der Waals surface area (Å²) in [4.78, 5) is 46.3. The van der Waals surface area contributed by atoms with Crippen LogP contribution in [0.5, 0.6) is 0 Å². The summed E-state index contributed by atoms with van der Waals surface area (Å²) in [6.45, 7) is 0. The molecule has 0 unspecified atom stereocenters. The maximum atomic E-state index is 13.9. The van der Waals surface area contributed by atoms with Gasteiger partial charge in [0.15, 0.2) is 9.11 Å². The summed E-state index contributed by atoms with van der Waals surface area (Å²) in [5.41, 5.74) is 8.00. The number of hydrogen-bond donors (Lipinski definition) is 2. The Morgan fingerprint density at radius 2 is 1.62 bits per heavy atom. The van der Waals surface area contributed by atoms with Gasteiger partial charge in [0.1, 0.15) is 15.5 Å². The molecular weight excluding hydrogens is 583 g/mol. The first-order chi connectivity index (χ1) is 19.4. The Kier molecular flexibility index (Phi) is 7.41. The Balaban J connectivity index is 1.36. The van der Waals surface area contributed by atoms with Crippen molar-refractivity contribution >= 4 is 74.5 Å². The molecule has 40 heavy (non-hydrogen) atoms. The van der Waals surface area contributed by atoms with E-state index in [9.17, 15) is 14.4 Å². The van der Waals surface area contributed by atoms with E-state index in [0.717, 1.165) is 42.6 Å². The van der Waals surface area contributed by atoms with E-state index in [1.807, 2.05) is 60.7 Å². The Bertz CT molecular complexity index is 1870. The van der Waals surface area contributed by atoms with E-state index in [2.05, 4.69) is 5.32 Å². The Morgan fingerprint density at radius 1 is 0.975 bits per heavy atom. The molecule has 3 N–H and O–H groups in total. The second-order valence-corrected chi connectivity index (χ2v) is 12.8. The van der Waals surface area contributed by atoms with Crippen molar-refractivity contribution in [3.63, 3.8) is 0 Å². The van der Waals surface area contributed by atoms with Gasteiger partial charge in [-0.15, -0.1) is 11.3 Å². The fourth-order valence-electron chi connectivity index (χ4n) is 4.85. The quantitative estimate of drug-likeness (QED) is 0.139. The molecule has 6 rings (SSSR count). The number of nitrogens with two attached hydrogens (primary N) is 1. The number of fused-ring (bicyclic) bond motifs is 3.